The highest BCUT2D eigenvalue weighted by atomic mass is 32.1. The van der Waals surface area contributed by atoms with Gasteiger partial charge in [0.2, 0.25) is 0 Å². The zero-order chi connectivity index (χ0) is 33.7. The van der Waals surface area contributed by atoms with Crippen LogP contribution in [0.15, 0.2) is 72.0 Å². The molecule has 3 aliphatic heterocycles. The average Bonchev–Trinajstić information content (AvgIpc) is 3.78. The number of aliphatic imine (C=N–C) groups is 1. The number of ether oxygens (including phenoxy) is 1. The van der Waals surface area contributed by atoms with Crippen molar-refractivity contribution < 1.29 is 19.1 Å². The molecule has 0 bridgehead atoms. The Labute approximate surface area is 288 Å². The average molecular weight is 676 g/mol. The Balaban J connectivity index is 0.992. The van der Waals surface area contributed by atoms with E-state index < -0.39 is 6.04 Å². The van der Waals surface area contributed by atoms with E-state index in [1.165, 1.54) is 11.3 Å². The van der Waals surface area contributed by atoms with Crippen molar-refractivity contribution in [3.63, 3.8) is 0 Å². The lowest BCUT2D eigenvalue weighted by molar-refractivity contribution is -0.000511. The number of aromatic nitrogens is 2. The SMILES string of the molecule is Cc1cnc(N2CC3(CCOCC3)C2)c(C(=O)Nc2ccc(C(=O)N3c4cccnc4N=C(c4ccc(C(=O)NC5CC5)s4)[C@H]3C)cc2)c1. The summed E-state index contributed by atoms with van der Waals surface area (Å²) < 4.78 is 5.56. The largest absolute Gasteiger partial charge is 0.381 e. The van der Waals surface area contributed by atoms with Gasteiger partial charge in [0.25, 0.3) is 17.7 Å². The maximum Gasteiger partial charge on any atom is 0.261 e. The summed E-state index contributed by atoms with van der Waals surface area (Å²) in [6, 6.07) is 16.0. The molecule has 2 N–H and O–H groups in total. The minimum absolute atomic E-state index is 0.0831. The summed E-state index contributed by atoms with van der Waals surface area (Å²) in [4.78, 5) is 59.7. The first-order chi connectivity index (χ1) is 23.8. The highest BCUT2D eigenvalue weighted by Crippen LogP contribution is 2.42. The van der Waals surface area contributed by atoms with Crippen LogP contribution < -0.4 is 20.4 Å². The van der Waals surface area contributed by atoms with E-state index in [1.54, 1.807) is 47.6 Å². The fraction of sp³-hybridized carbons (Fsp3) is 0.351. The van der Waals surface area contributed by atoms with Crippen molar-refractivity contribution in [1.29, 1.82) is 0 Å². The van der Waals surface area contributed by atoms with Crippen LogP contribution in [0.2, 0.25) is 0 Å². The predicted molar refractivity (Wildman–Crippen MR) is 190 cm³/mol. The van der Waals surface area contributed by atoms with Gasteiger partial charge < -0.3 is 20.3 Å². The molecule has 3 amide bonds. The number of carbonyl (C=O) groups excluding carboxylic acids is 3. The van der Waals surface area contributed by atoms with Crippen LogP contribution in [0.3, 0.4) is 0 Å². The number of amides is 3. The molecule has 0 radical (unpaired) electrons. The second kappa shape index (κ2) is 12.5. The van der Waals surface area contributed by atoms with Gasteiger partial charge in [0.15, 0.2) is 5.82 Å². The summed E-state index contributed by atoms with van der Waals surface area (Å²) >= 11 is 1.36. The molecule has 3 aromatic heterocycles. The van der Waals surface area contributed by atoms with Crippen LogP contribution in [0.25, 0.3) is 0 Å². The van der Waals surface area contributed by atoms with Crippen LogP contribution in [-0.4, -0.2) is 71.8 Å². The highest BCUT2D eigenvalue weighted by molar-refractivity contribution is 7.16. The van der Waals surface area contributed by atoms with E-state index in [9.17, 15) is 14.4 Å². The van der Waals surface area contributed by atoms with Gasteiger partial charge in [-0.3, -0.25) is 19.3 Å². The van der Waals surface area contributed by atoms with Crippen molar-refractivity contribution in [2.45, 2.75) is 51.6 Å². The molecular weight excluding hydrogens is 639 g/mol. The standard InChI is InChI=1S/C37H37N7O4S/c1-22-18-27(33(39-19-22)43-20-37(21-43)13-16-48-17-14-37)34(45)40-25-7-5-24(6-8-25)36(47)44-23(2)31(42-32-28(44)4-3-15-38-32)29-11-12-30(49-29)35(46)41-26-9-10-26/h3-8,11-12,15,18-19,23,26H,9-10,13-14,16-17,20-21H2,1-2H3,(H,40,45)(H,41,46)/t23-/m1/s1. The molecule has 2 saturated heterocycles. The monoisotopic (exact) mass is 675 g/mol. The van der Waals surface area contributed by atoms with Crippen LogP contribution in [0.4, 0.5) is 23.0 Å². The first kappa shape index (κ1) is 31.3. The lowest BCUT2D eigenvalue weighted by Crippen LogP contribution is -2.59. The topological polar surface area (TPSA) is 129 Å². The fourth-order valence-corrected chi connectivity index (χ4v) is 7.86. The summed E-state index contributed by atoms with van der Waals surface area (Å²) in [6.45, 7) is 7.16. The van der Waals surface area contributed by atoms with E-state index in [-0.39, 0.29) is 29.2 Å². The van der Waals surface area contributed by atoms with E-state index in [4.69, 9.17) is 9.73 Å². The zero-order valence-corrected chi connectivity index (χ0v) is 28.3. The summed E-state index contributed by atoms with van der Waals surface area (Å²) in [7, 11) is 0. The van der Waals surface area contributed by atoms with Crippen molar-refractivity contribution in [3.05, 3.63) is 93.4 Å². The third kappa shape index (κ3) is 6.10. The van der Waals surface area contributed by atoms with E-state index in [0.717, 1.165) is 62.4 Å². The molecule has 8 rings (SSSR count). The third-order valence-electron chi connectivity index (χ3n) is 9.79. The number of nitrogens with one attached hydrogen (secondary N) is 2. The predicted octanol–water partition coefficient (Wildman–Crippen LogP) is 5.78. The highest BCUT2D eigenvalue weighted by Gasteiger charge is 2.45. The van der Waals surface area contributed by atoms with Gasteiger partial charge in [-0.15, -0.1) is 11.3 Å². The Bertz CT molecular complexity index is 1970. The second-order valence-electron chi connectivity index (χ2n) is 13.5. The number of carbonyl (C=O) groups is 3. The zero-order valence-electron chi connectivity index (χ0n) is 27.4. The molecule has 6 heterocycles. The number of fused-ring (bicyclic) bond motifs is 1. The second-order valence-corrected chi connectivity index (χ2v) is 14.6. The summed E-state index contributed by atoms with van der Waals surface area (Å²) in [5, 5.41) is 6.05. The van der Waals surface area contributed by atoms with Crippen LogP contribution in [0.1, 0.15) is 73.4 Å². The van der Waals surface area contributed by atoms with Crippen molar-refractivity contribution in [1.82, 2.24) is 15.3 Å². The summed E-state index contributed by atoms with van der Waals surface area (Å²) in [6.07, 6.45) is 7.55. The lowest BCUT2D eigenvalue weighted by atomic mass is 9.73. The number of pyridine rings is 2. The third-order valence-corrected chi connectivity index (χ3v) is 10.9. The summed E-state index contributed by atoms with van der Waals surface area (Å²) in [5.41, 5.74) is 3.99. The van der Waals surface area contributed by atoms with Crippen molar-refractivity contribution in [2.75, 3.05) is 41.4 Å². The van der Waals surface area contributed by atoms with Gasteiger partial charge in [-0.05, 0) is 99.7 Å². The minimum Gasteiger partial charge on any atom is -0.381 e. The molecule has 1 saturated carbocycles. The normalized spacial score (nSPS) is 19.5. The Morgan fingerprint density at radius 1 is 0.980 bits per heavy atom. The maximum absolute atomic E-state index is 14.1. The number of hydrogen-bond acceptors (Lipinski definition) is 9. The van der Waals surface area contributed by atoms with E-state index >= 15 is 0 Å². The Hall–Kier alpha value is -4.94. The fourth-order valence-electron chi connectivity index (χ4n) is 6.88. The lowest BCUT2D eigenvalue weighted by Gasteiger charge is -2.53. The number of benzene rings is 1. The number of aryl methyl sites for hydroxylation is 1. The van der Waals surface area contributed by atoms with Crippen LogP contribution in [0.5, 0.6) is 0 Å². The molecule has 250 valence electrons. The number of rotatable bonds is 7. The molecule has 1 atom stereocenters. The Kier molecular flexibility index (Phi) is 7.99. The molecule has 12 heteroatoms. The molecule has 1 aromatic carbocycles. The molecule has 4 aromatic rings. The van der Waals surface area contributed by atoms with Crippen LogP contribution in [-0.2, 0) is 4.74 Å². The van der Waals surface area contributed by atoms with Gasteiger partial charge in [-0.2, -0.15) is 0 Å². The van der Waals surface area contributed by atoms with Gasteiger partial charge in [0, 0.05) is 61.4 Å². The van der Waals surface area contributed by atoms with E-state index in [2.05, 4.69) is 25.5 Å². The van der Waals surface area contributed by atoms with E-state index in [0.29, 0.717) is 44.7 Å². The molecule has 3 fully saturated rings. The Morgan fingerprint density at radius 2 is 1.76 bits per heavy atom. The molecule has 1 spiro atoms. The number of thiophene rings is 1. The van der Waals surface area contributed by atoms with Gasteiger partial charge in [0.1, 0.15) is 5.82 Å². The minimum atomic E-state index is -0.421. The maximum atomic E-state index is 14.1. The molecule has 1 aliphatic carbocycles. The quantitative estimate of drug-likeness (QED) is 0.254. The van der Waals surface area contributed by atoms with E-state index in [1.807, 2.05) is 38.1 Å². The molecule has 49 heavy (non-hydrogen) atoms. The molecule has 0 unspecified atom stereocenters. The molecule has 4 aliphatic rings. The first-order valence-corrected chi connectivity index (χ1v) is 17.6. The first-order valence-electron chi connectivity index (χ1n) is 16.8. The number of anilines is 3. The number of hydrogen-bond donors (Lipinski definition) is 2. The van der Waals surface area contributed by atoms with Gasteiger partial charge in [0.05, 0.1) is 32.8 Å². The van der Waals surface area contributed by atoms with Crippen molar-refractivity contribution in [2.24, 2.45) is 10.4 Å². The van der Waals surface area contributed by atoms with Gasteiger partial charge >= 0.3 is 0 Å². The number of nitrogens with zero attached hydrogens (tertiary/aromatic N) is 5. The molecule has 11 nitrogen and oxygen atoms in total. The van der Waals surface area contributed by atoms with Crippen molar-refractivity contribution >= 4 is 57.8 Å². The van der Waals surface area contributed by atoms with Gasteiger partial charge in [-0.1, -0.05) is 0 Å². The van der Waals surface area contributed by atoms with Crippen LogP contribution in [0, 0.1) is 12.3 Å². The summed E-state index contributed by atoms with van der Waals surface area (Å²) in [5.74, 6) is 0.584. The van der Waals surface area contributed by atoms with Crippen LogP contribution >= 0.6 is 11.3 Å². The van der Waals surface area contributed by atoms with Gasteiger partial charge in [-0.25, -0.2) is 15.0 Å². The van der Waals surface area contributed by atoms with Crippen molar-refractivity contribution in [3.8, 4) is 0 Å². The Morgan fingerprint density at radius 3 is 2.51 bits per heavy atom. The molecular formula is C37H37N7O4S. The smallest absolute Gasteiger partial charge is 0.261 e.